The number of carbonyl (C=O) groups excluding carboxylic acids is 1. The summed E-state index contributed by atoms with van der Waals surface area (Å²) in [6.07, 6.45) is 6.70. The van der Waals surface area contributed by atoms with Crippen LogP contribution in [0.1, 0.15) is 52.9 Å². The van der Waals surface area contributed by atoms with Gasteiger partial charge in [-0.15, -0.1) is 0 Å². The molecule has 1 fully saturated rings. The maximum Gasteiger partial charge on any atom is 0.129 e. The number of hydrogen-bond acceptors (Lipinski definition) is 3. The van der Waals surface area contributed by atoms with Crippen LogP contribution in [0.25, 0.3) is 0 Å². The third-order valence-corrected chi connectivity index (χ3v) is 4.13. The van der Waals surface area contributed by atoms with Crippen molar-refractivity contribution in [3.05, 3.63) is 0 Å². The monoisotopic (exact) mass is 255 g/mol. The van der Waals surface area contributed by atoms with Crippen LogP contribution in [-0.2, 0) is 9.53 Å². The minimum absolute atomic E-state index is 0.255. The van der Waals surface area contributed by atoms with Gasteiger partial charge in [0.2, 0.25) is 0 Å². The number of rotatable bonds is 8. The first-order valence-electron chi connectivity index (χ1n) is 7.45. The van der Waals surface area contributed by atoms with Gasteiger partial charge in [0.15, 0.2) is 0 Å². The number of hydrogen-bond donors (Lipinski definition) is 0. The predicted octanol–water partition coefficient (Wildman–Crippen LogP) is 2.88. The van der Waals surface area contributed by atoms with Crippen molar-refractivity contribution in [1.29, 1.82) is 0 Å². The Morgan fingerprint density at radius 3 is 2.72 bits per heavy atom. The van der Waals surface area contributed by atoms with Crippen molar-refractivity contribution in [3.63, 3.8) is 0 Å². The molecular formula is C15H29NO2. The maximum absolute atomic E-state index is 11.5. The molecule has 3 heteroatoms. The second-order valence-corrected chi connectivity index (χ2v) is 5.72. The Kier molecular flexibility index (Phi) is 6.87. The summed E-state index contributed by atoms with van der Waals surface area (Å²) in [6.45, 7) is 10.1. The van der Waals surface area contributed by atoms with Gasteiger partial charge in [-0.3, -0.25) is 4.90 Å². The molecule has 1 saturated heterocycles. The van der Waals surface area contributed by atoms with Crippen LogP contribution in [0.15, 0.2) is 0 Å². The minimum Gasteiger partial charge on any atom is -0.380 e. The summed E-state index contributed by atoms with van der Waals surface area (Å²) in [5.41, 5.74) is -0.255. The molecule has 0 saturated carbocycles. The van der Waals surface area contributed by atoms with Crippen LogP contribution in [0.5, 0.6) is 0 Å². The van der Waals surface area contributed by atoms with Gasteiger partial charge < -0.3 is 9.53 Å². The van der Waals surface area contributed by atoms with E-state index >= 15 is 0 Å². The predicted molar refractivity (Wildman–Crippen MR) is 74.8 cm³/mol. The van der Waals surface area contributed by atoms with E-state index in [2.05, 4.69) is 25.7 Å². The van der Waals surface area contributed by atoms with Crippen molar-refractivity contribution in [2.24, 2.45) is 5.41 Å². The fourth-order valence-corrected chi connectivity index (χ4v) is 2.61. The van der Waals surface area contributed by atoms with Crippen LogP contribution in [0.3, 0.4) is 0 Å². The quantitative estimate of drug-likeness (QED) is 0.625. The van der Waals surface area contributed by atoms with Crippen LogP contribution in [-0.4, -0.2) is 43.5 Å². The van der Waals surface area contributed by atoms with E-state index in [9.17, 15) is 4.79 Å². The first kappa shape index (κ1) is 15.6. The van der Waals surface area contributed by atoms with Crippen molar-refractivity contribution < 1.29 is 9.53 Å². The Balaban J connectivity index is 2.63. The Morgan fingerprint density at radius 1 is 1.44 bits per heavy atom. The highest BCUT2D eigenvalue weighted by atomic mass is 16.5. The average molecular weight is 255 g/mol. The lowest BCUT2D eigenvalue weighted by Gasteiger charge is -2.39. The van der Waals surface area contributed by atoms with E-state index in [4.69, 9.17) is 4.74 Å². The highest BCUT2D eigenvalue weighted by Gasteiger charge is 2.35. The van der Waals surface area contributed by atoms with Crippen LogP contribution in [0.2, 0.25) is 0 Å². The molecule has 0 N–H and O–H groups in total. The van der Waals surface area contributed by atoms with E-state index < -0.39 is 0 Å². The lowest BCUT2D eigenvalue weighted by atomic mass is 9.83. The fraction of sp³-hybridized carbons (Fsp3) is 0.933. The van der Waals surface area contributed by atoms with Gasteiger partial charge in [-0.25, -0.2) is 0 Å². The summed E-state index contributed by atoms with van der Waals surface area (Å²) in [5, 5.41) is 0. The van der Waals surface area contributed by atoms with E-state index in [-0.39, 0.29) is 5.41 Å². The lowest BCUT2D eigenvalue weighted by Crippen LogP contribution is -2.47. The largest absolute Gasteiger partial charge is 0.380 e. The van der Waals surface area contributed by atoms with Gasteiger partial charge in [0.1, 0.15) is 6.29 Å². The third kappa shape index (κ3) is 4.36. The molecule has 2 unspecified atom stereocenters. The number of nitrogens with zero attached hydrogens (tertiary/aromatic N) is 1. The number of carbonyl (C=O) groups is 1. The molecule has 0 aromatic carbocycles. The van der Waals surface area contributed by atoms with Crippen molar-refractivity contribution in [3.8, 4) is 0 Å². The van der Waals surface area contributed by atoms with Gasteiger partial charge >= 0.3 is 0 Å². The Labute approximate surface area is 112 Å². The Hall–Kier alpha value is -0.410. The van der Waals surface area contributed by atoms with Crippen molar-refractivity contribution in [2.45, 2.75) is 58.9 Å². The van der Waals surface area contributed by atoms with E-state index in [0.717, 1.165) is 45.2 Å². The van der Waals surface area contributed by atoms with Gasteiger partial charge in [0.25, 0.3) is 0 Å². The summed E-state index contributed by atoms with van der Waals surface area (Å²) in [7, 11) is 0. The smallest absolute Gasteiger partial charge is 0.129 e. The first-order chi connectivity index (χ1) is 8.67. The summed E-state index contributed by atoms with van der Waals surface area (Å²) >= 11 is 0. The summed E-state index contributed by atoms with van der Waals surface area (Å²) in [4.78, 5) is 14.0. The number of aldehydes is 1. The summed E-state index contributed by atoms with van der Waals surface area (Å²) in [6, 6.07) is 0.551. The molecule has 1 rings (SSSR count). The Bertz CT molecular complexity index is 237. The molecule has 18 heavy (non-hydrogen) atoms. The van der Waals surface area contributed by atoms with Gasteiger partial charge in [-0.1, -0.05) is 20.3 Å². The zero-order valence-electron chi connectivity index (χ0n) is 12.3. The summed E-state index contributed by atoms with van der Waals surface area (Å²) < 4.78 is 5.54. The van der Waals surface area contributed by atoms with Crippen molar-refractivity contribution in [1.82, 2.24) is 4.90 Å². The number of ether oxygens (including phenoxy) is 1. The molecule has 1 heterocycles. The highest BCUT2D eigenvalue weighted by molar-refractivity contribution is 5.60. The second kappa shape index (κ2) is 7.90. The zero-order valence-corrected chi connectivity index (χ0v) is 12.3. The van der Waals surface area contributed by atoms with E-state index in [0.29, 0.717) is 12.6 Å². The van der Waals surface area contributed by atoms with Crippen LogP contribution in [0.4, 0.5) is 0 Å². The van der Waals surface area contributed by atoms with Gasteiger partial charge in [0.05, 0.1) is 12.0 Å². The van der Waals surface area contributed by atoms with E-state index in [1.165, 1.54) is 12.8 Å². The van der Waals surface area contributed by atoms with E-state index in [1.54, 1.807) is 0 Å². The SMILES string of the molecule is CCCCN(CC1(C=O)CCCOC1)C(C)CC. The third-order valence-electron chi connectivity index (χ3n) is 4.13. The topological polar surface area (TPSA) is 29.5 Å². The van der Waals surface area contributed by atoms with Crippen molar-refractivity contribution >= 4 is 6.29 Å². The molecule has 1 aliphatic heterocycles. The maximum atomic E-state index is 11.5. The van der Waals surface area contributed by atoms with Gasteiger partial charge in [-0.2, -0.15) is 0 Å². The fourth-order valence-electron chi connectivity index (χ4n) is 2.61. The molecule has 3 nitrogen and oxygen atoms in total. The number of unbranched alkanes of at least 4 members (excludes halogenated alkanes) is 1. The second-order valence-electron chi connectivity index (χ2n) is 5.72. The average Bonchev–Trinajstić information content (AvgIpc) is 2.43. The van der Waals surface area contributed by atoms with E-state index in [1.807, 2.05) is 0 Å². The zero-order chi connectivity index (χ0) is 13.4. The molecule has 2 atom stereocenters. The molecular weight excluding hydrogens is 226 g/mol. The summed E-state index contributed by atoms with van der Waals surface area (Å²) in [5.74, 6) is 0. The molecule has 0 amide bonds. The molecule has 0 aliphatic carbocycles. The molecule has 0 aromatic heterocycles. The molecule has 1 aliphatic rings. The molecule has 0 aromatic rings. The van der Waals surface area contributed by atoms with Gasteiger partial charge in [-0.05, 0) is 39.2 Å². The Morgan fingerprint density at radius 2 is 2.22 bits per heavy atom. The van der Waals surface area contributed by atoms with Crippen molar-refractivity contribution in [2.75, 3.05) is 26.3 Å². The first-order valence-corrected chi connectivity index (χ1v) is 7.45. The lowest BCUT2D eigenvalue weighted by molar-refractivity contribution is -0.126. The van der Waals surface area contributed by atoms with Crippen LogP contribution < -0.4 is 0 Å². The molecule has 106 valence electrons. The normalized spacial score (nSPS) is 26.2. The van der Waals surface area contributed by atoms with Crippen LogP contribution >= 0.6 is 0 Å². The molecule has 0 bridgehead atoms. The van der Waals surface area contributed by atoms with Gasteiger partial charge in [0, 0.05) is 19.2 Å². The molecule has 0 radical (unpaired) electrons. The highest BCUT2D eigenvalue weighted by Crippen LogP contribution is 2.28. The van der Waals surface area contributed by atoms with Crippen LogP contribution in [0, 0.1) is 5.41 Å². The molecule has 0 spiro atoms. The standard InChI is InChI=1S/C15H29NO2/c1-4-6-9-16(14(3)5-2)11-15(12-17)8-7-10-18-13-15/h12,14H,4-11,13H2,1-3H3. The minimum atomic E-state index is -0.255.